The summed E-state index contributed by atoms with van der Waals surface area (Å²) in [6, 6.07) is 0.444. The van der Waals surface area contributed by atoms with Crippen LogP contribution < -0.4 is 5.32 Å². The number of rotatable bonds is 8. The molecule has 1 saturated heterocycles. The fraction of sp³-hybridized carbons (Fsp3) is 1.00. The zero-order valence-electron chi connectivity index (χ0n) is 11.7. The Hall–Kier alpha value is -0.200. The van der Waals surface area contributed by atoms with Crippen molar-refractivity contribution in [1.82, 2.24) is 5.32 Å². The molecule has 0 aromatic rings. The summed E-state index contributed by atoms with van der Waals surface area (Å²) in [5.41, 5.74) is 0. The molecule has 4 unspecified atom stereocenters. The Morgan fingerprint density at radius 3 is 2.89 bits per heavy atom. The molecule has 0 bridgehead atoms. The average molecular weight is 261 g/mol. The van der Waals surface area contributed by atoms with Crippen molar-refractivity contribution < 1.29 is 19.3 Å². The van der Waals surface area contributed by atoms with Crippen LogP contribution in [0.15, 0.2) is 0 Å². The number of nitrogens with one attached hydrogen (secondary N) is 1. The first-order valence-corrected chi connectivity index (χ1v) is 6.75. The minimum atomic E-state index is -0.470. The Balaban J connectivity index is 2.07. The highest BCUT2D eigenvalue weighted by Gasteiger charge is 2.19. The highest BCUT2D eigenvalue weighted by atomic mass is 16.5. The predicted molar refractivity (Wildman–Crippen MR) is 69.7 cm³/mol. The van der Waals surface area contributed by atoms with Crippen LogP contribution in [0.2, 0.25) is 0 Å². The van der Waals surface area contributed by atoms with Crippen molar-refractivity contribution in [2.45, 2.75) is 51.0 Å². The Kier molecular flexibility index (Phi) is 7.77. The summed E-state index contributed by atoms with van der Waals surface area (Å²) in [7, 11) is 1.64. The van der Waals surface area contributed by atoms with Crippen LogP contribution in [0.5, 0.6) is 0 Å². The number of aliphatic hydroxyl groups excluding tert-OH is 1. The number of aliphatic hydroxyl groups is 1. The third-order valence-corrected chi connectivity index (χ3v) is 3.10. The van der Waals surface area contributed by atoms with Crippen molar-refractivity contribution in [3.63, 3.8) is 0 Å². The second-order valence-electron chi connectivity index (χ2n) is 5.06. The first-order chi connectivity index (χ1) is 8.61. The summed E-state index contributed by atoms with van der Waals surface area (Å²) in [5, 5.41) is 13.2. The molecule has 0 amide bonds. The molecule has 108 valence electrons. The number of methoxy groups -OCH3 is 1. The molecular formula is C13H27NO4. The average Bonchev–Trinajstić information content (AvgIpc) is 2.34. The topological polar surface area (TPSA) is 60.0 Å². The van der Waals surface area contributed by atoms with Gasteiger partial charge in [-0.2, -0.15) is 0 Å². The van der Waals surface area contributed by atoms with E-state index in [-0.39, 0.29) is 6.10 Å². The van der Waals surface area contributed by atoms with E-state index < -0.39 is 6.10 Å². The molecule has 18 heavy (non-hydrogen) atoms. The van der Waals surface area contributed by atoms with Gasteiger partial charge < -0.3 is 24.6 Å². The number of hydrogen-bond donors (Lipinski definition) is 2. The van der Waals surface area contributed by atoms with E-state index in [1.807, 2.05) is 6.92 Å². The quantitative estimate of drug-likeness (QED) is 0.668. The van der Waals surface area contributed by atoms with E-state index in [1.54, 1.807) is 7.11 Å². The molecule has 2 N–H and O–H groups in total. The van der Waals surface area contributed by atoms with Gasteiger partial charge in [0.05, 0.1) is 31.5 Å². The lowest BCUT2D eigenvalue weighted by Crippen LogP contribution is -2.42. The molecule has 0 aromatic heterocycles. The fourth-order valence-corrected chi connectivity index (χ4v) is 2.10. The minimum Gasteiger partial charge on any atom is -0.389 e. The molecular weight excluding hydrogens is 234 g/mol. The Morgan fingerprint density at radius 1 is 1.44 bits per heavy atom. The van der Waals surface area contributed by atoms with Gasteiger partial charge in [-0.25, -0.2) is 0 Å². The molecule has 1 aliphatic rings. The molecule has 1 fully saturated rings. The first-order valence-electron chi connectivity index (χ1n) is 6.75. The molecule has 5 nitrogen and oxygen atoms in total. The molecule has 4 atom stereocenters. The maximum Gasteiger partial charge on any atom is 0.0897 e. The van der Waals surface area contributed by atoms with Crippen LogP contribution in [0.3, 0.4) is 0 Å². The van der Waals surface area contributed by atoms with Crippen LogP contribution in [-0.2, 0) is 14.2 Å². The third kappa shape index (κ3) is 6.66. The van der Waals surface area contributed by atoms with Crippen LogP contribution in [0.4, 0.5) is 0 Å². The summed E-state index contributed by atoms with van der Waals surface area (Å²) in [4.78, 5) is 0. The van der Waals surface area contributed by atoms with Gasteiger partial charge in [0.1, 0.15) is 0 Å². The van der Waals surface area contributed by atoms with Crippen molar-refractivity contribution in [3.8, 4) is 0 Å². The van der Waals surface area contributed by atoms with Crippen LogP contribution in [0.1, 0.15) is 26.7 Å². The lowest BCUT2D eigenvalue weighted by molar-refractivity contribution is -0.0341. The highest BCUT2D eigenvalue weighted by Crippen LogP contribution is 2.12. The van der Waals surface area contributed by atoms with Gasteiger partial charge in [0.2, 0.25) is 0 Å². The van der Waals surface area contributed by atoms with Crippen molar-refractivity contribution in [3.05, 3.63) is 0 Å². The summed E-state index contributed by atoms with van der Waals surface area (Å²) >= 11 is 0. The highest BCUT2D eigenvalue weighted by molar-refractivity contribution is 4.75. The molecule has 1 aliphatic heterocycles. The predicted octanol–water partition coefficient (Wildman–Crippen LogP) is 0.556. The molecule has 5 heteroatoms. The molecule has 1 rings (SSSR count). The monoisotopic (exact) mass is 261 g/mol. The van der Waals surface area contributed by atoms with E-state index in [0.29, 0.717) is 31.9 Å². The van der Waals surface area contributed by atoms with Gasteiger partial charge in [-0.1, -0.05) is 0 Å². The van der Waals surface area contributed by atoms with E-state index in [9.17, 15) is 5.11 Å². The van der Waals surface area contributed by atoms with Gasteiger partial charge in [0, 0.05) is 26.3 Å². The maximum absolute atomic E-state index is 9.80. The molecule has 0 saturated carbocycles. The first kappa shape index (κ1) is 15.9. The normalized spacial score (nSPS) is 28.0. The van der Waals surface area contributed by atoms with Crippen molar-refractivity contribution in [2.24, 2.45) is 0 Å². The molecule has 0 aromatic carbocycles. The van der Waals surface area contributed by atoms with E-state index in [2.05, 4.69) is 12.2 Å². The van der Waals surface area contributed by atoms with E-state index in [0.717, 1.165) is 19.4 Å². The van der Waals surface area contributed by atoms with E-state index >= 15 is 0 Å². The second-order valence-corrected chi connectivity index (χ2v) is 5.06. The van der Waals surface area contributed by atoms with Gasteiger partial charge in [0.15, 0.2) is 0 Å². The lowest BCUT2D eigenvalue weighted by Gasteiger charge is -2.29. The SMILES string of the molecule is COCC(C)OCC(O)CNC1CCOC(C)C1. The van der Waals surface area contributed by atoms with E-state index in [4.69, 9.17) is 14.2 Å². The standard InChI is InChI=1S/C13H27NO4/c1-10-6-12(4-5-17-10)14-7-13(15)9-18-11(2)8-16-3/h10-15H,4-9H2,1-3H3. The Labute approximate surface area is 110 Å². The smallest absolute Gasteiger partial charge is 0.0897 e. The van der Waals surface area contributed by atoms with Crippen molar-refractivity contribution in [2.75, 3.05) is 33.5 Å². The van der Waals surface area contributed by atoms with Gasteiger partial charge >= 0.3 is 0 Å². The summed E-state index contributed by atoms with van der Waals surface area (Å²) in [6.07, 6.45) is 1.88. The van der Waals surface area contributed by atoms with Crippen LogP contribution in [0, 0.1) is 0 Å². The summed E-state index contributed by atoms with van der Waals surface area (Å²) in [6.45, 7) is 6.28. The second kappa shape index (κ2) is 8.82. The van der Waals surface area contributed by atoms with Crippen LogP contribution in [0.25, 0.3) is 0 Å². The van der Waals surface area contributed by atoms with Crippen LogP contribution >= 0.6 is 0 Å². The fourth-order valence-electron chi connectivity index (χ4n) is 2.10. The Morgan fingerprint density at radius 2 is 2.22 bits per heavy atom. The Bertz CT molecular complexity index is 215. The molecule has 1 heterocycles. The zero-order chi connectivity index (χ0) is 13.4. The van der Waals surface area contributed by atoms with Gasteiger partial charge in [-0.05, 0) is 26.7 Å². The lowest BCUT2D eigenvalue weighted by atomic mass is 10.0. The number of ether oxygens (including phenoxy) is 3. The van der Waals surface area contributed by atoms with E-state index in [1.165, 1.54) is 0 Å². The van der Waals surface area contributed by atoms with Gasteiger partial charge in [0.25, 0.3) is 0 Å². The zero-order valence-corrected chi connectivity index (χ0v) is 11.7. The maximum atomic E-state index is 9.80. The summed E-state index contributed by atoms with van der Waals surface area (Å²) in [5.74, 6) is 0. The minimum absolute atomic E-state index is 0.0211. The van der Waals surface area contributed by atoms with Gasteiger partial charge in [-0.15, -0.1) is 0 Å². The largest absolute Gasteiger partial charge is 0.389 e. The molecule has 0 aliphatic carbocycles. The molecule has 0 spiro atoms. The summed E-state index contributed by atoms with van der Waals surface area (Å²) < 4.78 is 15.9. The third-order valence-electron chi connectivity index (χ3n) is 3.10. The van der Waals surface area contributed by atoms with Crippen molar-refractivity contribution >= 4 is 0 Å². The van der Waals surface area contributed by atoms with Gasteiger partial charge in [-0.3, -0.25) is 0 Å². The van der Waals surface area contributed by atoms with Crippen LogP contribution in [-0.4, -0.2) is 62.9 Å². The van der Waals surface area contributed by atoms with Crippen molar-refractivity contribution in [1.29, 1.82) is 0 Å². The molecule has 0 radical (unpaired) electrons. The number of hydrogen-bond acceptors (Lipinski definition) is 5.